The summed E-state index contributed by atoms with van der Waals surface area (Å²) in [6, 6.07) is 12.5. The normalized spacial score (nSPS) is 10.6. The van der Waals surface area contributed by atoms with Crippen molar-refractivity contribution in [2.45, 2.75) is 0 Å². The van der Waals surface area contributed by atoms with Crippen molar-refractivity contribution in [1.82, 2.24) is 0 Å². The number of carbonyl (C=O) groups excluding carboxylic acids is 2. The highest BCUT2D eigenvalue weighted by molar-refractivity contribution is 9.10. The van der Waals surface area contributed by atoms with E-state index in [1.807, 2.05) is 18.2 Å². The topological polar surface area (TPSA) is 59.8 Å². The van der Waals surface area contributed by atoms with E-state index in [4.69, 9.17) is 9.15 Å². The summed E-state index contributed by atoms with van der Waals surface area (Å²) in [7, 11) is 1.63. The van der Waals surface area contributed by atoms with Gasteiger partial charge in [-0.2, -0.15) is 0 Å². The van der Waals surface area contributed by atoms with E-state index in [1.165, 1.54) is 17.1 Å². The monoisotopic (exact) mass is 363 g/mol. The number of ether oxygens (including phenoxy) is 1. The van der Waals surface area contributed by atoms with E-state index in [0.717, 1.165) is 5.69 Å². The second-order valence-corrected chi connectivity index (χ2v) is 5.15. The minimum atomic E-state index is -0.609. The lowest BCUT2D eigenvalue weighted by atomic mass is 10.3. The van der Waals surface area contributed by atoms with Crippen LogP contribution in [0.3, 0.4) is 0 Å². The highest BCUT2D eigenvalue weighted by Crippen LogP contribution is 2.15. The van der Waals surface area contributed by atoms with Crippen LogP contribution in [0.25, 0.3) is 6.08 Å². The van der Waals surface area contributed by atoms with Gasteiger partial charge in [-0.25, -0.2) is 4.79 Å². The molecule has 1 aromatic carbocycles. The summed E-state index contributed by atoms with van der Waals surface area (Å²) >= 11 is 3.16. The Morgan fingerprint density at radius 1 is 1.23 bits per heavy atom. The van der Waals surface area contributed by atoms with Gasteiger partial charge in [0, 0.05) is 18.8 Å². The second kappa shape index (κ2) is 7.61. The Balaban J connectivity index is 1.83. The molecule has 2 aromatic rings. The van der Waals surface area contributed by atoms with Crippen LogP contribution in [0, 0.1) is 0 Å². The lowest BCUT2D eigenvalue weighted by Gasteiger charge is -2.16. The maximum atomic E-state index is 11.9. The largest absolute Gasteiger partial charge is 0.452 e. The van der Waals surface area contributed by atoms with Crippen molar-refractivity contribution < 1.29 is 18.7 Å². The zero-order valence-corrected chi connectivity index (χ0v) is 13.4. The number of nitrogens with zero attached hydrogens (tertiary/aromatic N) is 1. The molecule has 0 aliphatic rings. The molecule has 0 atom stereocenters. The predicted molar refractivity (Wildman–Crippen MR) is 86.3 cm³/mol. The Bertz CT molecular complexity index is 678. The number of rotatable bonds is 5. The van der Waals surface area contributed by atoms with Gasteiger partial charge in [-0.05, 0) is 46.3 Å². The fourth-order valence-electron chi connectivity index (χ4n) is 1.64. The van der Waals surface area contributed by atoms with Crippen LogP contribution in [0.15, 0.2) is 57.6 Å². The lowest BCUT2D eigenvalue weighted by molar-refractivity contribution is -0.142. The Morgan fingerprint density at radius 2 is 1.95 bits per heavy atom. The Morgan fingerprint density at radius 3 is 2.59 bits per heavy atom. The Kier molecular flexibility index (Phi) is 5.55. The SMILES string of the molecule is CN(C(=O)COC(=O)/C=C/c1ccc(Br)o1)c1ccccc1. The van der Waals surface area contributed by atoms with Crippen molar-refractivity contribution in [3.8, 4) is 0 Å². The van der Waals surface area contributed by atoms with Crippen molar-refractivity contribution in [2.24, 2.45) is 0 Å². The fourth-order valence-corrected chi connectivity index (χ4v) is 1.96. The summed E-state index contributed by atoms with van der Waals surface area (Å²) < 4.78 is 10.7. The van der Waals surface area contributed by atoms with Crippen molar-refractivity contribution in [3.63, 3.8) is 0 Å². The van der Waals surface area contributed by atoms with Crippen LogP contribution < -0.4 is 4.90 Å². The molecule has 0 aliphatic heterocycles. The van der Waals surface area contributed by atoms with Crippen LogP contribution in [0.1, 0.15) is 5.76 Å². The van der Waals surface area contributed by atoms with Crippen molar-refractivity contribution in [1.29, 1.82) is 0 Å². The van der Waals surface area contributed by atoms with Gasteiger partial charge in [0.2, 0.25) is 0 Å². The summed E-state index contributed by atoms with van der Waals surface area (Å²) in [5.41, 5.74) is 0.736. The average Bonchev–Trinajstić information content (AvgIpc) is 2.96. The van der Waals surface area contributed by atoms with E-state index >= 15 is 0 Å². The van der Waals surface area contributed by atoms with Gasteiger partial charge in [-0.1, -0.05) is 18.2 Å². The number of para-hydroxylation sites is 1. The molecule has 0 spiro atoms. The van der Waals surface area contributed by atoms with E-state index in [1.54, 1.807) is 31.3 Å². The third kappa shape index (κ3) is 4.60. The van der Waals surface area contributed by atoms with Crippen molar-refractivity contribution in [2.75, 3.05) is 18.6 Å². The van der Waals surface area contributed by atoms with E-state index in [2.05, 4.69) is 15.9 Å². The van der Waals surface area contributed by atoms with Gasteiger partial charge in [-0.15, -0.1) is 0 Å². The summed E-state index contributed by atoms with van der Waals surface area (Å²) in [4.78, 5) is 24.9. The van der Waals surface area contributed by atoms with E-state index in [0.29, 0.717) is 10.4 Å². The molecule has 6 heteroatoms. The predicted octanol–water partition coefficient (Wildman–Crippen LogP) is 3.26. The number of esters is 1. The zero-order valence-electron chi connectivity index (χ0n) is 11.9. The first-order valence-electron chi connectivity index (χ1n) is 6.48. The average molecular weight is 364 g/mol. The number of amides is 1. The zero-order chi connectivity index (χ0) is 15.9. The summed E-state index contributed by atoms with van der Waals surface area (Å²) in [5.74, 6) is -0.410. The molecule has 0 aliphatic carbocycles. The smallest absolute Gasteiger partial charge is 0.331 e. The quantitative estimate of drug-likeness (QED) is 0.604. The summed E-state index contributed by atoms with van der Waals surface area (Å²) in [5, 5.41) is 0. The van der Waals surface area contributed by atoms with Crippen LogP contribution in [-0.4, -0.2) is 25.5 Å². The van der Waals surface area contributed by atoms with Crippen LogP contribution in [0.4, 0.5) is 5.69 Å². The van der Waals surface area contributed by atoms with Crippen LogP contribution >= 0.6 is 15.9 Å². The van der Waals surface area contributed by atoms with Crippen LogP contribution in [0.5, 0.6) is 0 Å². The lowest BCUT2D eigenvalue weighted by Crippen LogP contribution is -2.30. The molecule has 5 nitrogen and oxygen atoms in total. The molecule has 0 saturated carbocycles. The van der Waals surface area contributed by atoms with Gasteiger partial charge in [0.1, 0.15) is 5.76 Å². The first-order valence-corrected chi connectivity index (χ1v) is 7.27. The van der Waals surface area contributed by atoms with Gasteiger partial charge in [0.15, 0.2) is 11.3 Å². The van der Waals surface area contributed by atoms with Crippen molar-refractivity contribution in [3.05, 3.63) is 59.0 Å². The molecule has 0 bridgehead atoms. The number of hydrogen-bond acceptors (Lipinski definition) is 4. The molecule has 0 unspecified atom stereocenters. The molecule has 0 saturated heterocycles. The third-order valence-electron chi connectivity index (χ3n) is 2.83. The molecule has 0 fully saturated rings. The first-order chi connectivity index (χ1) is 10.6. The molecule has 22 heavy (non-hydrogen) atoms. The maximum absolute atomic E-state index is 11.9. The first kappa shape index (κ1) is 16.0. The molecular formula is C16H14BrNO4. The highest BCUT2D eigenvalue weighted by atomic mass is 79.9. The molecule has 114 valence electrons. The van der Waals surface area contributed by atoms with E-state index < -0.39 is 5.97 Å². The number of carbonyl (C=O) groups is 2. The molecule has 0 radical (unpaired) electrons. The minimum absolute atomic E-state index is 0.311. The number of halogens is 1. The molecule has 1 heterocycles. The number of hydrogen-bond donors (Lipinski definition) is 0. The summed E-state index contributed by atoms with van der Waals surface area (Å²) in [6.07, 6.45) is 2.68. The number of furan rings is 1. The standard InChI is InChI=1S/C16H14BrNO4/c1-18(12-5-3-2-4-6-12)15(19)11-21-16(20)10-8-13-7-9-14(17)22-13/h2-10H,11H2,1H3/b10-8+. The van der Waals surface area contributed by atoms with Gasteiger partial charge in [-0.3, -0.25) is 4.79 Å². The number of benzene rings is 1. The molecule has 1 amide bonds. The third-order valence-corrected chi connectivity index (χ3v) is 3.26. The molecule has 1 aromatic heterocycles. The van der Waals surface area contributed by atoms with E-state index in [-0.39, 0.29) is 12.5 Å². The molecule has 0 N–H and O–H groups in total. The van der Waals surface area contributed by atoms with Gasteiger partial charge >= 0.3 is 5.97 Å². The van der Waals surface area contributed by atoms with Gasteiger partial charge in [0.25, 0.3) is 5.91 Å². The molecule has 2 rings (SSSR count). The Hall–Kier alpha value is -2.34. The molecular weight excluding hydrogens is 350 g/mol. The summed E-state index contributed by atoms with van der Waals surface area (Å²) in [6.45, 7) is -0.323. The maximum Gasteiger partial charge on any atom is 0.331 e. The number of likely N-dealkylation sites (N-methyl/N-ethyl adjacent to an activating group) is 1. The van der Waals surface area contributed by atoms with Crippen LogP contribution in [-0.2, 0) is 14.3 Å². The number of anilines is 1. The fraction of sp³-hybridized carbons (Fsp3) is 0.125. The van der Waals surface area contributed by atoms with Gasteiger partial charge < -0.3 is 14.1 Å². The minimum Gasteiger partial charge on any atom is -0.452 e. The second-order valence-electron chi connectivity index (χ2n) is 4.37. The van der Waals surface area contributed by atoms with Crippen LogP contribution in [0.2, 0.25) is 0 Å². The van der Waals surface area contributed by atoms with Gasteiger partial charge in [0.05, 0.1) is 0 Å². The Labute approximate surface area is 136 Å². The highest BCUT2D eigenvalue weighted by Gasteiger charge is 2.12. The van der Waals surface area contributed by atoms with Crippen molar-refractivity contribution >= 4 is 39.6 Å². The van der Waals surface area contributed by atoms with E-state index in [9.17, 15) is 9.59 Å².